The van der Waals surface area contributed by atoms with Crippen molar-refractivity contribution in [1.82, 2.24) is 5.32 Å². The molecule has 1 heterocycles. The van der Waals surface area contributed by atoms with E-state index in [1.807, 2.05) is 6.07 Å². The number of anilines is 1. The first-order chi connectivity index (χ1) is 15.2. The van der Waals surface area contributed by atoms with Gasteiger partial charge in [0.1, 0.15) is 5.82 Å². The zero-order valence-electron chi connectivity index (χ0n) is 17.0. The summed E-state index contributed by atoms with van der Waals surface area (Å²) in [6, 6.07) is 9.12. The number of benzene rings is 2. The summed E-state index contributed by atoms with van der Waals surface area (Å²) in [6.45, 7) is -0.0135. The Balaban J connectivity index is 1.48. The first kappa shape index (κ1) is 22.1. The molecule has 1 aliphatic carbocycles. The molecule has 1 atom stereocenters. The zero-order valence-corrected chi connectivity index (χ0v) is 17.8. The van der Waals surface area contributed by atoms with E-state index < -0.39 is 23.2 Å². The molecule has 1 saturated heterocycles. The number of rotatable bonds is 6. The second-order valence-electron chi connectivity index (χ2n) is 7.88. The van der Waals surface area contributed by atoms with Crippen LogP contribution >= 0.6 is 11.6 Å². The average molecular weight is 458 g/mol. The maximum Gasteiger partial charge on any atom is 0.268 e. The van der Waals surface area contributed by atoms with Crippen molar-refractivity contribution in [1.29, 1.82) is 0 Å². The first-order valence-electron chi connectivity index (χ1n) is 10.1. The third-order valence-electron chi connectivity index (χ3n) is 5.74. The lowest BCUT2D eigenvalue weighted by Gasteiger charge is -2.22. The van der Waals surface area contributed by atoms with E-state index in [0.717, 1.165) is 17.2 Å². The van der Waals surface area contributed by atoms with Gasteiger partial charge in [0.2, 0.25) is 5.60 Å². The number of carbonyl (C=O) groups excluding carboxylic acids is 3. The zero-order chi connectivity index (χ0) is 23.0. The van der Waals surface area contributed by atoms with E-state index in [2.05, 4.69) is 5.32 Å². The Labute approximate surface area is 188 Å². The number of fused-ring (bicyclic) bond motifs is 1. The summed E-state index contributed by atoms with van der Waals surface area (Å²) >= 11 is 5.81. The Bertz CT molecular complexity index is 1150. The SMILES string of the molecule is NCC(=O)C1=Cc2cc(N3CC[C@](O)(C(=O)NCc4cc(F)cc(Cl)c4)C3=O)ccc2C1. The van der Waals surface area contributed by atoms with Crippen molar-refractivity contribution in [3.8, 4) is 0 Å². The van der Waals surface area contributed by atoms with Crippen LogP contribution in [0, 0.1) is 5.82 Å². The van der Waals surface area contributed by atoms with Crippen LogP contribution in [0.4, 0.5) is 10.1 Å². The highest BCUT2D eigenvalue weighted by Crippen LogP contribution is 2.33. The van der Waals surface area contributed by atoms with E-state index >= 15 is 0 Å². The van der Waals surface area contributed by atoms with Gasteiger partial charge in [-0.2, -0.15) is 0 Å². The van der Waals surface area contributed by atoms with Gasteiger partial charge in [0.25, 0.3) is 11.8 Å². The van der Waals surface area contributed by atoms with Crippen molar-refractivity contribution >= 4 is 41.0 Å². The van der Waals surface area contributed by atoms with Crippen LogP contribution in [0.5, 0.6) is 0 Å². The molecule has 7 nitrogen and oxygen atoms in total. The third kappa shape index (κ3) is 4.04. The summed E-state index contributed by atoms with van der Waals surface area (Å²) in [4.78, 5) is 38.8. The van der Waals surface area contributed by atoms with Gasteiger partial charge in [-0.1, -0.05) is 17.7 Å². The quantitative estimate of drug-likeness (QED) is 0.572. The van der Waals surface area contributed by atoms with Crippen molar-refractivity contribution in [2.24, 2.45) is 5.73 Å². The fourth-order valence-electron chi connectivity index (χ4n) is 4.00. The molecule has 0 saturated carbocycles. The van der Waals surface area contributed by atoms with E-state index in [9.17, 15) is 23.9 Å². The van der Waals surface area contributed by atoms with Gasteiger partial charge in [-0.15, -0.1) is 0 Å². The number of carbonyl (C=O) groups is 3. The van der Waals surface area contributed by atoms with Gasteiger partial charge in [0.05, 0.1) is 6.54 Å². The van der Waals surface area contributed by atoms with Crippen LogP contribution in [0.2, 0.25) is 5.02 Å². The second kappa shape index (κ2) is 8.46. The molecule has 0 radical (unpaired) electrons. The van der Waals surface area contributed by atoms with E-state index in [1.165, 1.54) is 17.0 Å². The van der Waals surface area contributed by atoms with Crippen LogP contribution in [-0.2, 0) is 27.3 Å². The smallest absolute Gasteiger partial charge is 0.268 e. The molecule has 0 spiro atoms. The predicted octanol–water partition coefficient (Wildman–Crippen LogP) is 1.73. The van der Waals surface area contributed by atoms with Crippen LogP contribution in [0.3, 0.4) is 0 Å². The summed E-state index contributed by atoms with van der Waals surface area (Å²) in [5.41, 5.74) is 6.49. The van der Waals surface area contributed by atoms with E-state index in [0.29, 0.717) is 23.2 Å². The number of ketones is 1. The fraction of sp³-hybridized carbons (Fsp3) is 0.261. The molecule has 2 amide bonds. The summed E-state index contributed by atoms with van der Waals surface area (Å²) in [7, 11) is 0. The lowest BCUT2D eigenvalue weighted by molar-refractivity contribution is -0.149. The second-order valence-corrected chi connectivity index (χ2v) is 8.32. The van der Waals surface area contributed by atoms with Gasteiger partial charge < -0.3 is 21.1 Å². The summed E-state index contributed by atoms with van der Waals surface area (Å²) in [5.74, 6) is -2.29. The Kier molecular flexibility index (Phi) is 5.85. The van der Waals surface area contributed by atoms with Gasteiger partial charge in [-0.05, 0) is 53.1 Å². The maximum atomic E-state index is 13.5. The number of nitrogens with two attached hydrogens (primary N) is 1. The highest BCUT2D eigenvalue weighted by molar-refractivity contribution is 6.30. The number of halogens is 2. The molecule has 1 fully saturated rings. The predicted molar refractivity (Wildman–Crippen MR) is 117 cm³/mol. The lowest BCUT2D eigenvalue weighted by atomic mass is 10.0. The number of amides is 2. The van der Waals surface area contributed by atoms with Gasteiger partial charge in [-0.3, -0.25) is 14.4 Å². The molecule has 2 aliphatic rings. The molecule has 4 N–H and O–H groups in total. The van der Waals surface area contributed by atoms with Gasteiger partial charge in [0.15, 0.2) is 5.78 Å². The van der Waals surface area contributed by atoms with Gasteiger partial charge in [-0.25, -0.2) is 4.39 Å². The van der Waals surface area contributed by atoms with Crippen LogP contribution in [0.25, 0.3) is 6.08 Å². The third-order valence-corrected chi connectivity index (χ3v) is 5.96. The Morgan fingerprint density at radius 1 is 1.25 bits per heavy atom. The Morgan fingerprint density at radius 3 is 2.75 bits per heavy atom. The highest BCUT2D eigenvalue weighted by atomic mass is 35.5. The lowest BCUT2D eigenvalue weighted by Crippen LogP contribution is -2.52. The molecule has 0 aromatic heterocycles. The van der Waals surface area contributed by atoms with Crippen LogP contribution in [0.15, 0.2) is 42.0 Å². The number of hydrogen-bond donors (Lipinski definition) is 3. The maximum absolute atomic E-state index is 13.5. The largest absolute Gasteiger partial charge is 0.372 e. The number of hydrogen-bond acceptors (Lipinski definition) is 5. The highest BCUT2D eigenvalue weighted by Gasteiger charge is 2.51. The summed E-state index contributed by atoms with van der Waals surface area (Å²) in [5, 5.41) is 13.5. The molecular weight excluding hydrogens is 437 g/mol. The van der Waals surface area contributed by atoms with Crippen LogP contribution in [0.1, 0.15) is 23.1 Å². The molecule has 0 bridgehead atoms. The standard InChI is InChI=1S/C23H21ClFN3O4/c24-17-5-13(6-18(25)10-17)12-27-21(30)23(32)3-4-28(22(23)31)19-2-1-14-7-16(20(29)11-26)8-15(14)9-19/h1-2,5-6,8-10,32H,3-4,7,11-12,26H2,(H,27,30)/t23-/m0/s1. The Morgan fingerprint density at radius 2 is 2.03 bits per heavy atom. The van der Waals surface area contributed by atoms with Gasteiger partial charge >= 0.3 is 0 Å². The number of nitrogens with zero attached hydrogens (tertiary/aromatic N) is 1. The van der Waals surface area contributed by atoms with Crippen molar-refractivity contribution in [3.63, 3.8) is 0 Å². The number of nitrogens with one attached hydrogen (secondary N) is 1. The molecule has 1 aliphatic heterocycles. The molecule has 0 unspecified atom stereocenters. The minimum Gasteiger partial charge on any atom is -0.372 e. The Hall–Kier alpha value is -3.07. The minimum absolute atomic E-state index is 0.0682. The van der Waals surface area contributed by atoms with E-state index in [-0.39, 0.29) is 36.9 Å². The molecule has 9 heteroatoms. The van der Waals surface area contributed by atoms with Gasteiger partial charge in [0, 0.05) is 42.2 Å². The molecule has 166 valence electrons. The summed E-state index contributed by atoms with van der Waals surface area (Å²) in [6.07, 6.45) is 2.14. The number of aliphatic hydroxyl groups is 1. The fourth-order valence-corrected chi connectivity index (χ4v) is 4.25. The summed E-state index contributed by atoms with van der Waals surface area (Å²) < 4.78 is 13.5. The van der Waals surface area contributed by atoms with Crippen molar-refractivity contribution in [3.05, 3.63) is 69.5 Å². The van der Waals surface area contributed by atoms with Crippen molar-refractivity contribution in [2.45, 2.75) is 25.0 Å². The molecular formula is C23H21ClFN3O4. The normalized spacial score (nSPS) is 19.7. The first-order valence-corrected chi connectivity index (χ1v) is 10.4. The van der Waals surface area contributed by atoms with E-state index in [1.54, 1.807) is 18.2 Å². The molecule has 2 aromatic carbocycles. The average Bonchev–Trinajstić information content (AvgIpc) is 3.32. The van der Waals surface area contributed by atoms with Crippen molar-refractivity contribution < 1.29 is 23.9 Å². The molecule has 32 heavy (non-hydrogen) atoms. The molecule has 4 rings (SSSR count). The topological polar surface area (TPSA) is 113 Å². The minimum atomic E-state index is -2.23. The van der Waals surface area contributed by atoms with E-state index in [4.69, 9.17) is 17.3 Å². The molecule has 2 aromatic rings. The number of Topliss-reactive ketones (excluding diaryl/α,β-unsaturated/α-hetero) is 1. The van der Waals surface area contributed by atoms with Crippen LogP contribution < -0.4 is 16.0 Å². The monoisotopic (exact) mass is 457 g/mol. The van der Waals surface area contributed by atoms with Crippen LogP contribution in [-0.4, -0.2) is 41.4 Å². The van der Waals surface area contributed by atoms with Crippen molar-refractivity contribution in [2.75, 3.05) is 18.0 Å².